The van der Waals surface area contributed by atoms with Crippen molar-refractivity contribution < 1.29 is 4.74 Å². The monoisotopic (exact) mass is 341 g/mol. The molecule has 136 valence electrons. The summed E-state index contributed by atoms with van der Waals surface area (Å²) in [7, 11) is 6.26. The topological polar surface area (TPSA) is 19.0 Å². The van der Waals surface area contributed by atoms with Gasteiger partial charge in [-0.25, -0.2) is 0 Å². The summed E-state index contributed by atoms with van der Waals surface area (Å²) in [6, 6.07) is 20.5. The minimum atomic E-state index is 0.747. The summed E-state index contributed by atoms with van der Waals surface area (Å²) in [6.07, 6.45) is 0. The van der Waals surface area contributed by atoms with Crippen LogP contribution in [-0.4, -0.2) is 70.3 Å². The van der Waals surface area contributed by atoms with Crippen molar-refractivity contribution in [2.75, 3.05) is 65.4 Å². The van der Waals surface area contributed by atoms with Crippen LogP contribution in [-0.2, 0) is 0 Å². The molecule has 0 atom stereocenters. The maximum atomic E-state index is 5.48. The highest BCUT2D eigenvalue weighted by Gasteiger charge is 2.13. The fraction of sp³-hybridized carbons (Fsp3) is 0.429. The molecule has 0 spiro atoms. The second kappa shape index (κ2) is 10.7. The first kappa shape index (κ1) is 19.3. The number of para-hydroxylation sites is 2. The number of piperazine rings is 1. The van der Waals surface area contributed by atoms with E-state index in [-0.39, 0.29) is 0 Å². The van der Waals surface area contributed by atoms with E-state index in [1.54, 1.807) is 0 Å². The number of benzene rings is 2. The summed E-state index contributed by atoms with van der Waals surface area (Å²) >= 11 is 0. The maximum Gasteiger partial charge on any atom is 0.119 e. The normalized spacial score (nSPS) is 14.8. The highest BCUT2D eigenvalue weighted by molar-refractivity contribution is 5.46. The predicted molar refractivity (Wildman–Crippen MR) is 107 cm³/mol. The minimum Gasteiger partial charge on any atom is -0.492 e. The number of anilines is 1. The molecule has 0 aliphatic carbocycles. The van der Waals surface area contributed by atoms with Crippen molar-refractivity contribution in [2.45, 2.75) is 0 Å². The zero-order chi connectivity index (χ0) is 17.9. The van der Waals surface area contributed by atoms with Crippen molar-refractivity contribution in [3.8, 4) is 5.75 Å². The molecule has 0 amide bonds. The standard InChI is InChI=1S/C11H16N2.C10H15NO/c1-12-7-9-13(10-8-12)11-5-3-2-4-6-11;1-11(2)8-9-12-10-6-4-3-5-7-10/h2-6H,7-10H2,1H3;3-7H,8-9H2,1-2H3. The Bertz CT molecular complexity index is 566. The average molecular weight is 341 g/mol. The Hall–Kier alpha value is -2.04. The van der Waals surface area contributed by atoms with Crippen LogP contribution >= 0.6 is 0 Å². The third-order valence-corrected chi connectivity index (χ3v) is 4.18. The molecule has 0 unspecified atom stereocenters. The van der Waals surface area contributed by atoms with E-state index in [0.717, 1.165) is 32.0 Å². The van der Waals surface area contributed by atoms with Crippen LogP contribution in [0.1, 0.15) is 0 Å². The molecule has 1 heterocycles. The second-order valence-corrected chi connectivity index (χ2v) is 6.59. The van der Waals surface area contributed by atoms with Gasteiger partial charge in [0.15, 0.2) is 0 Å². The number of ether oxygens (including phenoxy) is 1. The van der Waals surface area contributed by atoms with Gasteiger partial charge in [0.1, 0.15) is 12.4 Å². The van der Waals surface area contributed by atoms with Gasteiger partial charge in [0.05, 0.1) is 0 Å². The lowest BCUT2D eigenvalue weighted by Gasteiger charge is -2.33. The number of nitrogens with zero attached hydrogens (tertiary/aromatic N) is 3. The highest BCUT2D eigenvalue weighted by atomic mass is 16.5. The Kier molecular flexibility index (Phi) is 8.29. The van der Waals surface area contributed by atoms with Crippen LogP contribution in [0.2, 0.25) is 0 Å². The van der Waals surface area contributed by atoms with Crippen molar-refractivity contribution in [3.63, 3.8) is 0 Å². The molecule has 2 aromatic rings. The summed E-state index contributed by atoms with van der Waals surface area (Å²) < 4.78 is 5.48. The van der Waals surface area contributed by atoms with Crippen molar-refractivity contribution in [1.82, 2.24) is 9.80 Å². The fourth-order valence-electron chi connectivity index (χ4n) is 2.57. The van der Waals surface area contributed by atoms with Gasteiger partial charge in [-0.15, -0.1) is 0 Å². The van der Waals surface area contributed by atoms with E-state index >= 15 is 0 Å². The van der Waals surface area contributed by atoms with E-state index in [2.05, 4.69) is 52.1 Å². The quantitative estimate of drug-likeness (QED) is 0.832. The van der Waals surface area contributed by atoms with Gasteiger partial charge in [-0.2, -0.15) is 0 Å². The van der Waals surface area contributed by atoms with E-state index in [1.807, 2.05) is 44.4 Å². The molecule has 0 saturated carbocycles. The minimum absolute atomic E-state index is 0.747. The Labute approximate surface area is 152 Å². The summed E-state index contributed by atoms with van der Waals surface area (Å²) in [4.78, 5) is 6.92. The van der Waals surface area contributed by atoms with Crippen molar-refractivity contribution >= 4 is 5.69 Å². The summed E-state index contributed by atoms with van der Waals surface area (Å²) in [5.41, 5.74) is 1.36. The zero-order valence-corrected chi connectivity index (χ0v) is 15.8. The van der Waals surface area contributed by atoms with E-state index in [9.17, 15) is 0 Å². The molecule has 3 rings (SSSR count). The molecule has 2 aromatic carbocycles. The average Bonchev–Trinajstić information content (AvgIpc) is 2.64. The number of rotatable bonds is 5. The first-order chi connectivity index (χ1) is 12.1. The van der Waals surface area contributed by atoms with Gasteiger partial charge < -0.3 is 19.4 Å². The molecule has 1 saturated heterocycles. The highest BCUT2D eigenvalue weighted by Crippen LogP contribution is 2.14. The van der Waals surface area contributed by atoms with Gasteiger partial charge in [0.25, 0.3) is 0 Å². The molecule has 0 aromatic heterocycles. The maximum absolute atomic E-state index is 5.48. The lowest BCUT2D eigenvalue weighted by molar-refractivity contribution is 0.261. The summed E-state index contributed by atoms with van der Waals surface area (Å²) in [5.74, 6) is 0.944. The molecule has 1 aliphatic heterocycles. The Morgan fingerprint density at radius 2 is 1.40 bits per heavy atom. The van der Waals surface area contributed by atoms with Gasteiger partial charge in [-0.3, -0.25) is 0 Å². The van der Waals surface area contributed by atoms with Crippen molar-refractivity contribution in [1.29, 1.82) is 0 Å². The molecule has 25 heavy (non-hydrogen) atoms. The van der Waals surface area contributed by atoms with Gasteiger partial charge in [-0.05, 0) is 45.4 Å². The van der Waals surface area contributed by atoms with Crippen LogP contribution in [0.15, 0.2) is 60.7 Å². The van der Waals surface area contributed by atoms with Gasteiger partial charge in [-0.1, -0.05) is 36.4 Å². The van der Waals surface area contributed by atoms with E-state index in [0.29, 0.717) is 0 Å². The summed E-state index contributed by atoms with van der Waals surface area (Å²) in [6.45, 7) is 6.36. The molecular formula is C21H31N3O. The van der Waals surface area contributed by atoms with Crippen LogP contribution in [0.4, 0.5) is 5.69 Å². The van der Waals surface area contributed by atoms with Crippen molar-refractivity contribution in [2.24, 2.45) is 0 Å². The third kappa shape index (κ3) is 7.59. The Morgan fingerprint density at radius 3 is 1.96 bits per heavy atom. The largest absolute Gasteiger partial charge is 0.492 e. The molecule has 0 radical (unpaired) electrons. The lowest BCUT2D eigenvalue weighted by atomic mass is 10.2. The van der Waals surface area contributed by atoms with E-state index in [1.165, 1.54) is 18.8 Å². The predicted octanol–water partition coefficient (Wildman–Crippen LogP) is 3.07. The SMILES string of the molecule is CN(C)CCOc1ccccc1.CN1CCN(c2ccccc2)CC1. The van der Waals surface area contributed by atoms with Crippen molar-refractivity contribution in [3.05, 3.63) is 60.7 Å². The molecule has 0 N–H and O–H groups in total. The third-order valence-electron chi connectivity index (χ3n) is 4.18. The zero-order valence-electron chi connectivity index (χ0n) is 15.8. The molecule has 1 aliphatic rings. The van der Waals surface area contributed by atoms with Gasteiger partial charge in [0.2, 0.25) is 0 Å². The molecular weight excluding hydrogens is 310 g/mol. The second-order valence-electron chi connectivity index (χ2n) is 6.59. The van der Waals surface area contributed by atoms with Crippen LogP contribution in [0, 0.1) is 0 Å². The first-order valence-corrected chi connectivity index (χ1v) is 8.96. The van der Waals surface area contributed by atoms with Crippen LogP contribution < -0.4 is 9.64 Å². The van der Waals surface area contributed by atoms with Crippen LogP contribution in [0.25, 0.3) is 0 Å². The van der Waals surface area contributed by atoms with E-state index < -0.39 is 0 Å². The first-order valence-electron chi connectivity index (χ1n) is 8.96. The summed E-state index contributed by atoms with van der Waals surface area (Å²) in [5, 5.41) is 0. The molecule has 4 heteroatoms. The van der Waals surface area contributed by atoms with E-state index in [4.69, 9.17) is 4.74 Å². The number of hydrogen-bond acceptors (Lipinski definition) is 4. The smallest absolute Gasteiger partial charge is 0.119 e. The Balaban J connectivity index is 0.000000181. The molecule has 0 bridgehead atoms. The molecule has 1 fully saturated rings. The lowest BCUT2D eigenvalue weighted by Crippen LogP contribution is -2.44. The fourth-order valence-corrected chi connectivity index (χ4v) is 2.57. The number of hydrogen-bond donors (Lipinski definition) is 0. The van der Waals surface area contributed by atoms with Gasteiger partial charge >= 0.3 is 0 Å². The molecule has 4 nitrogen and oxygen atoms in total. The number of likely N-dealkylation sites (N-methyl/N-ethyl adjacent to an activating group) is 2. The van der Waals surface area contributed by atoms with Crippen LogP contribution in [0.3, 0.4) is 0 Å². The Morgan fingerprint density at radius 1 is 0.840 bits per heavy atom. The van der Waals surface area contributed by atoms with Gasteiger partial charge in [0, 0.05) is 38.4 Å². The van der Waals surface area contributed by atoms with Crippen LogP contribution in [0.5, 0.6) is 5.75 Å².